The lowest BCUT2D eigenvalue weighted by Crippen LogP contribution is -2.43. The van der Waals surface area contributed by atoms with Crippen molar-refractivity contribution in [2.24, 2.45) is 11.8 Å². The van der Waals surface area contributed by atoms with E-state index < -0.39 is 8.32 Å². The molecule has 0 saturated heterocycles. The fourth-order valence-corrected chi connectivity index (χ4v) is 4.01. The minimum atomic E-state index is -1.86. The third kappa shape index (κ3) is 4.21. The highest BCUT2D eigenvalue weighted by atomic mass is 28.4. The third-order valence-electron chi connectivity index (χ3n) is 5.66. The number of methoxy groups -OCH3 is 1. The molecule has 4 heteroatoms. The Morgan fingerprint density at radius 2 is 1.88 bits per heavy atom. The molecule has 2 atom stereocenters. The molecule has 1 aliphatic rings. The number of carbonyl (C=O) groups is 1. The van der Waals surface area contributed by atoms with Crippen molar-refractivity contribution in [2.45, 2.75) is 64.6 Å². The Balaban J connectivity index is 2.26. The lowest BCUT2D eigenvalue weighted by atomic mass is 9.83. The summed E-state index contributed by atoms with van der Waals surface area (Å²) in [7, 11) is -0.391. The average Bonchev–Trinajstić information content (AvgIpc) is 3.30. The van der Waals surface area contributed by atoms with Gasteiger partial charge in [0.2, 0.25) is 8.32 Å². The van der Waals surface area contributed by atoms with E-state index in [1.165, 1.54) is 25.5 Å². The van der Waals surface area contributed by atoms with Crippen molar-refractivity contribution in [1.29, 1.82) is 0 Å². The standard InChI is InChI=1S/C20H32O3Si/c1-14(19(21)22-5)18(15-11-12-15)16-9-8-10-17(13-16)23-24(6,7)20(2,3)4/h8-10,13-15,18H,11-12H2,1-7H3/t14?,18-/m0/s1. The van der Waals surface area contributed by atoms with Gasteiger partial charge in [-0.05, 0) is 60.5 Å². The fraction of sp³-hybridized carbons (Fsp3) is 0.650. The maximum absolute atomic E-state index is 12.1. The summed E-state index contributed by atoms with van der Waals surface area (Å²) in [5, 5.41) is 0.165. The predicted octanol–water partition coefficient (Wildman–Crippen LogP) is 5.37. The molecule has 134 valence electrons. The van der Waals surface area contributed by atoms with E-state index in [2.05, 4.69) is 52.1 Å². The molecule has 1 saturated carbocycles. The van der Waals surface area contributed by atoms with Crippen LogP contribution in [0.3, 0.4) is 0 Å². The lowest BCUT2D eigenvalue weighted by Gasteiger charge is -2.36. The molecule has 0 aliphatic heterocycles. The van der Waals surface area contributed by atoms with Crippen molar-refractivity contribution < 1.29 is 14.0 Å². The van der Waals surface area contributed by atoms with Crippen molar-refractivity contribution in [2.75, 3.05) is 7.11 Å². The number of carbonyl (C=O) groups excluding carboxylic acids is 1. The molecule has 3 nitrogen and oxygen atoms in total. The van der Waals surface area contributed by atoms with Crippen molar-refractivity contribution >= 4 is 14.3 Å². The monoisotopic (exact) mass is 348 g/mol. The molecule has 1 aliphatic carbocycles. The zero-order valence-corrected chi connectivity index (χ0v) is 17.2. The van der Waals surface area contributed by atoms with Gasteiger partial charge in [0.15, 0.2) is 0 Å². The molecule has 1 aromatic rings. The minimum absolute atomic E-state index is 0.120. The molecule has 0 spiro atoms. The molecule has 1 fully saturated rings. The molecule has 0 aromatic heterocycles. The van der Waals surface area contributed by atoms with Crippen LogP contribution in [-0.4, -0.2) is 21.4 Å². The van der Waals surface area contributed by atoms with E-state index in [-0.39, 0.29) is 22.8 Å². The average molecular weight is 349 g/mol. The summed E-state index contributed by atoms with van der Waals surface area (Å²) < 4.78 is 11.4. The zero-order valence-electron chi connectivity index (χ0n) is 16.2. The first-order chi connectivity index (χ1) is 11.1. The van der Waals surface area contributed by atoms with Crippen molar-refractivity contribution in [1.82, 2.24) is 0 Å². The van der Waals surface area contributed by atoms with Crippen LogP contribution in [0.5, 0.6) is 5.75 Å². The quantitative estimate of drug-likeness (QED) is 0.512. The molecule has 2 rings (SSSR count). The van der Waals surface area contributed by atoms with Gasteiger partial charge in [-0.1, -0.05) is 39.8 Å². The first-order valence-electron chi connectivity index (χ1n) is 8.93. The second-order valence-electron chi connectivity index (χ2n) is 8.61. The largest absolute Gasteiger partial charge is 0.543 e. The summed E-state index contributed by atoms with van der Waals surface area (Å²) in [6.07, 6.45) is 2.39. The topological polar surface area (TPSA) is 35.5 Å². The van der Waals surface area contributed by atoms with Crippen LogP contribution in [0.25, 0.3) is 0 Å². The van der Waals surface area contributed by atoms with Gasteiger partial charge in [-0.25, -0.2) is 0 Å². The SMILES string of the molecule is COC(=O)C(C)[C@H](c1cccc(O[Si](C)(C)C(C)(C)C)c1)C1CC1. The molecular formula is C20H32O3Si. The smallest absolute Gasteiger partial charge is 0.309 e. The number of hydrogen-bond acceptors (Lipinski definition) is 3. The Morgan fingerprint density at radius 1 is 1.25 bits per heavy atom. The second-order valence-corrected chi connectivity index (χ2v) is 13.3. The summed E-state index contributed by atoms with van der Waals surface area (Å²) in [6, 6.07) is 8.36. The van der Waals surface area contributed by atoms with Gasteiger partial charge in [-0.3, -0.25) is 4.79 Å². The number of rotatable bonds is 6. The molecule has 1 unspecified atom stereocenters. The van der Waals surface area contributed by atoms with Crippen LogP contribution in [-0.2, 0) is 9.53 Å². The van der Waals surface area contributed by atoms with E-state index in [1.54, 1.807) is 0 Å². The summed E-state index contributed by atoms with van der Waals surface area (Å²) >= 11 is 0. The van der Waals surface area contributed by atoms with Gasteiger partial charge < -0.3 is 9.16 Å². The molecule has 0 bridgehead atoms. The van der Waals surface area contributed by atoms with E-state index in [1.807, 2.05) is 13.0 Å². The molecule has 0 N–H and O–H groups in total. The Morgan fingerprint density at radius 3 is 2.38 bits per heavy atom. The molecule has 0 amide bonds. The maximum Gasteiger partial charge on any atom is 0.309 e. The number of benzene rings is 1. The highest BCUT2D eigenvalue weighted by molar-refractivity contribution is 6.74. The summed E-state index contributed by atoms with van der Waals surface area (Å²) in [6.45, 7) is 13.2. The maximum atomic E-state index is 12.1. The third-order valence-corrected chi connectivity index (χ3v) is 10.0. The van der Waals surface area contributed by atoms with E-state index in [0.717, 1.165) is 5.75 Å². The zero-order chi connectivity index (χ0) is 18.1. The molecule has 1 aromatic carbocycles. The fourth-order valence-electron chi connectivity index (χ4n) is 2.99. The second kappa shape index (κ2) is 6.91. The van der Waals surface area contributed by atoms with Crippen LogP contribution in [0.15, 0.2) is 24.3 Å². The summed E-state index contributed by atoms with van der Waals surface area (Å²) in [5.41, 5.74) is 1.20. The predicted molar refractivity (Wildman–Crippen MR) is 101 cm³/mol. The first kappa shape index (κ1) is 19.0. The van der Waals surface area contributed by atoms with Crippen molar-refractivity contribution in [3.05, 3.63) is 29.8 Å². The van der Waals surface area contributed by atoms with Crippen LogP contribution in [0.2, 0.25) is 18.1 Å². The lowest BCUT2D eigenvalue weighted by molar-refractivity contribution is -0.145. The highest BCUT2D eigenvalue weighted by Crippen LogP contribution is 2.47. The number of hydrogen-bond donors (Lipinski definition) is 0. The number of ether oxygens (including phenoxy) is 1. The summed E-state index contributed by atoms with van der Waals surface area (Å²) in [4.78, 5) is 12.1. The highest BCUT2D eigenvalue weighted by Gasteiger charge is 2.41. The van der Waals surface area contributed by atoms with Gasteiger partial charge in [0.05, 0.1) is 13.0 Å². The van der Waals surface area contributed by atoms with Crippen LogP contribution in [0.1, 0.15) is 52.0 Å². The van der Waals surface area contributed by atoms with E-state index in [9.17, 15) is 4.79 Å². The Labute approximate surface area is 147 Å². The molecule has 24 heavy (non-hydrogen) atoms. The normalized spacial score (nSPS) is 18.0. The van der Waals surface area contributed by atoms with E-state index >= 15 is 0 Å². The summed E-state index contributed by atoms with van der Waals surface area (Å²) in [5.74, 6) is 1.50. The van der Waals surface area contributed by atoms with Gasteiger partial charge in [0.25, 0.3) is 0 Å². The van der Waals surface area contributed by atoms with Crippen LogP contribution in [0, 0.1) is 11.8 Å². The van der Waals surface area contributed by atoms with Crippen LogP contribution < -0.4 is 4.43 Å². The minimum Gasteiger partial charge on any atom is -0.543 e. The Hall–Kier alpha value is -1.29. The van der Waals surface area contributed by atoms with Gasteiger partial charge >= 0.3 is 5.97 Å². The van der Waals surface area contributed by atoms with Gasteiger partial charge in [-0.15, -0.1) is 0 Å². The van der Waals surface area contributed by atoms with Gasteiger partial charge in [-0.2, -0.15) is 0 Å². The first-order valence-corrected chi connectivity index (χ1v) is 11.8. The Bertz CT molecular complexity index is 585. The van der Waals surface area contributed by atoms with Crippen LogP contribution in [0.4, 0.5) is 0 Å². The van der Waals surface area contributed by atoms with Gasteiger partial charge in [0, 0.05) is 0 Å². The van der Waals surface area contributed by atoms with Gasteiger partial charge in [0.1, 0.15) is 5.75 Å². The number of esters is 1. The van der Waals surface area contributed by atoms with Crippen molar-refractivity contribution in [3.63, 3.8) is 0 Å². The van der Waals surface area contributed by atoms with Crippen LogP contribution >= 0.6 is 0 Å². The van der Waals surface area contributed by atoms with E-state index in [0.29, 0.717) is 5.92 Å². The molecular weight excluding hydrogens is 316 g/mol. The van der Waals surface area contributed by atoms with Crippen molar-refractivity contribution in [3.8, 4) is 5.75 Å². The molecule has 0 heterocycles. The molecule has 0 radical (unpaired) electrons. The Kier molecular flexibility index (Phi) is 5.48. The van der Waals surface area contributed by atoms with E-state index in [4.69, 9.17) is 9.16 Å².